The summed E-state index contributed by atoms with van der Waals surface area (Å²) in [4.78, 5) is 14.4. The minimum absolute atomic E-state index is 0.0257. The Morgan fingerprint density at radius 3 is 2.42 bits per heavy atom. The van der Waals surface area contributed by atoms with Crippen molar-refractivity contribution in [1.29, 1.82) is 0 Å². The Balaban J connectivity index is 1.54. The highest BCUT2D eigenvalue weighted by atomic mass is 127. The van der Waals surface area contributed by atoms with Crippen LogP contribution in [0.15, 0.2) is 30.3 Å². The summed E-state index contributed by atoms with van der Waals surface area (Å²) >= 11 is 1.96. The van der Waals surface area contributed by atoms with Crippen molar-refractivity contribution in [3.05, 3.63) is 68.0 Å². The number of nitrogens with two attached hydrogens (primary N) is 1. The maximum atomic E-state index is 14.6. The molecule has 0 spiro atoms. The predicted octanol–water partition coefficient (Wildman–Crippen LogP) is 4.15. The highest BCUT2D eigenvalue weighted by Gasteiger charge is 2.49. The van der Waals surface area contributed by atoms with Gasteiger partial charge in [0.25, 0.3) is 5.91 Å². The van der Waals surface area contributed by atoms with E-state index in [-0.39, 0.29) is 36.2 Å². The van der Waals surface area contributed by atoms with Gasteiger partial charge in [-0.05, 0) is 71.7 Å². The molecular formula is C23H24F3IN2O2. The van der Waals surface area contributed by atoms with Gasteiger partial charge in [-0.2, -0.15) is 0 Å². The highest BCUT2D eigenvalue weighted by Crippen LogP contribution is 2.38. The molecule has 4 rings (SSSR count). The summed E-state index contributed by atoms with van der Waals surface area (Å²) in [7, 11) is 0. The summed E-state index contributed by atoms with van der Waals surface area (Å²) in [6, 6.07) is 6.59. The van der Waals surface area contributed by atoms with Crippen molar-refractivity contribution in [2.75, 3.05) is 13.1 Å². The van der Waals surface area contributed by atoms with Gasteiger partial charge in [0.05, 0.1) is 13.1 Å². The monoisotopic (exact) mass is 544 g/mol. The molecule has 1 heterocycles. The van der Waals surface area contributed by atoms with Crippen LogP contribution in [0.2, 0.25) is 0 Å². The number of β-amino-alcohol motifs (C(OH)–C–C–N with tert-alkyl or cyclic N) is 1. The van der Waals surface area contributed by atoms with E-state index in [9.17, 15) is 23.1 Å². The molecule has 1 saturated carbocycles. The molecule has 4 nitrogen and oxygen atoms in total. The molecule has 2 fully saturated rings. The van der Waals surface area contributed by atoms with Crippen LogP contribution >= 0.6 is 22.6 Å². The standard InChI is InChI=1S/C23H24F3IN2O2/c24-18-6-5-16(17(20(18)26)9-14-3-4-15(27)10-19(14)25)21(30)29-12-23(31,13-29)11-22(28)7-1-2-8-22/h3-6,10,31H,1-2,7-9,11-13,28H2. The van der Waals surface area contributed by atoms with Gasteiger partial charge in [-0.25, -0.2) is 13.2 Å². The highest BCUT2D eigenvalue weighted by molar-refractivity contribution is 14.1. The fourth-order valence-electron chi connectivity index (χ4n) is 4.82. The second-order valence-corrected chi connectivity index (χ2v) is 10.2. The molecule has 0 unspecified atom stereocenters. The van der Waals surface area contributed by atoms with Gasteiger partial charge in [0, 0.05) is 26.7 Å². The Hall–Kier alpha value is -1.65. The molecular weight excluding hydrogens is 520 g/mol. The Morgan fingerprint density at radius 1 is 1.10 bits per heavy atom. The van der Waals surface area contributed by atoms with E-state index in [2.05, 4.69) is 0 Å². The number of likely N-dealkylation sites (tertiary alicyclic amines) is 1. The van der Waals surface area contributed by atoms with E-state index < -0.39 is 34.5 Å². The summed E-state index contributed by atoms with van der Waals surface area (Å²) in [5.74, 6) is -3.31. The number of rotatable bonds is 5. The topological polar surface area (TPSA) is 66.6 Å². The molecule has 0 atom stereocenters. The number of amides is 1. The van der Waals surface area contributed by atoms with E-state index in [0.29, 0.717) is 9.99 Å². The van der Waals surface area contributed by atoms with Crippen LogP contribution in [0.1, 0.15) is 53.6 Å². The first-order chi connectivity index (χ1) is 14.6. The minimum atomic E-state index is -1.16. The maximum Gasteiger partial charge on any atom is 0.254 e. The van der Waals surface area contributed by atoms with Crippen molar-refractivity contribution in [3.8, 4) is 0 Å². The van der Waals surface area contributed by atoms with Gasteiger partial charge in [-0.1, -0.05) is 18.9 Å². The summed E-state index contributed by atoms with van der Waals surface area (Å²) < 4.78 is 43.6. The number of nitrogens with zero attached hydrogens (tertiary/aromatic N) is 1. The lowest BCUT2D eigenvalue weighted by atomic mass is 9.79. The van der Waals surface area contributed by atoms with Gasteiger partial charge >= 0.3 is 0 Å². The SMILES string of the molecule is NC1(CC2(O)CN(C(=O)c3ccc(F)c(F)c3Cc3ccc(I)cc3F)C2)CCCC1. The Morgan fingerprint density at radius 2 is 1.77 bits per heavy atom. The third-order valence-electron chi connectivity index (χ3n) is 6.35. The fraction of sp³-hybridized carbons (Fsp3) is 0.435. The molecule has 2 aromatic carbocycles. The number of aliphatic hydroxyl groups is 1. The second-order valence-electron chi connectivity index (χ2n) is 8.93. The minimum Gasteiger partial charge on any atom is -0.386 e. The first-order valence-electron chi connectivity index (χ1n) is 10.3. The number of hydrogen-bond donors (Lipinski definition) is 2. The Kier molecular flexibility index (Phi) is 6.08. The van der Waals surface area contributed by atoms with E-state index >= 15 is 0 Å². The zero-order valence-electron chi connectivity index (χ0n) is 16.9. The van der Waals surface area contributed by atoms with Crippen molar-refractivity contribution in [2.24, 2.45) is 5.73 Å². The summed E-state index contributed by atoms with van der Waals surface area (Å²) in [6.45, 7) is 0.169. The van der Waals surface area contributed by atoms with Crippen LogP contribution < -0.4 is 5.73 Å². The number of hydrogen-bond acceptors (Lipinski definition) is 3. The lowest BCUT2D eigenvalue weighted by molar-refractivity contribution is -0.0971. The molecule has 0 radical (unpaired) electrons. The number of carbonyl (C=O) groups is 1. The van der Waals surface area contributed by atoms with Gasteiger partial charge in [0.2, 0.25) is 0 Å². The van der Waals surface area contributed by atoms with E-state index in [1.807, 2.05) is 22.6 Å². The summed E-state index contributed by atoms with van der Waals surface area (Å²) in [5, 5.41) is 10.8. The quantitative estimate of drug-likeness (QED) is 0.557. The van der Waals surface area contributed by atoms with Gasteiger partial charge in [-0.15, -0.1) is 0 Å². The largest absolute Gasteiger partial charge is 0.386 e. The van der Waals surface area contributed by atoms with Crippen LogP contribution in [-0.2, 0) is 6.42 Å². The number of benzene rings is 2. The third kappa shape index (κ3) is 4.61. The van der Waals surface area contributed by atoms with Crippen LogP contribution in [0, 0.1) is 21.0 Å². The molecule has 2 aromatic rings. The zero-order valence-corrected chi connectivity index (χ0v) is 19.1. The van der Waals surface area contributed by atoms with Gasteiger partial charge in [-0.3, -0.25) is 4.79 Å². The fourth-order valence-corrected chi connectivity index (χ4v) is 5.28. The van der Waals surface area contributed by atoms with Crippen LogP contribution in [0.25, 0.3) is 0 Å². The van der Waals surface area contributed by atoms with Crippen LogP contribution in [-0.4, -0.2) is 40.1 Å². The first-order valence-corrected chi connectivity index (χ1v) is 11.4. The van der Waals surface area contributed by atoms with Crippen LogP contribution in [0.3, 0.4) is 0 Å². The van der Waals surface area contributed by atoms with Gasteiger partial charge in [0.1, 0.15) is 11.4 Å². The molecule has 166 valence electrons. The van der Waals surface area contributed by atoms with Crippen LogP contribution in [0.4, 0.5) is 13.2 Å². The molecule has 1 saturated heterocycles. The van der Waals surface area contributed by atoms with Crippen molar-refractivity contribution in [3.63, 3.8) is 0 Å². The first kappa shape index (κ1) is 22.5. The van der Waals surface area contributed by atoms with Crippen molar-refractivity contribution in [2.45, 2.75) is 49.7 Å². The second kappa shape index (κ2) is 8.37. The molecule has 3 N–H and O–H groups in total. The van der Waals surface area contributed by atoms with E-state index in [0.717, 1.165) is 31.7 Å². The molecule has 1 amide bonds. The number of halogens is 4. The van der Waals surface area contributed by atoms with E-state index in [1.165, 1.54) is 23.1 Å². The molecule has 31 heavy (non-hydrogen) atoms. The number of carbonyl (C=O) groups excluding carboxylic acids is 1. The molecule has 1 aliphatic carbocycles. The Bertz CT molecular complexity index is 1020. The average molecular weight is 544 g/mol. The molecule has 8 heteroatoms. The van der Waals surface area contributed by atoms with E-state index in [4.69, 9.17) is 5.73 Å². The van der Waals surface area contributed by atoms with Crippen LogP contribution in [0.5, 0.6) is 0 Å². The van der Waals surface area contributed by atoms with Gasteiger partial charge < -0.3 is 15.7 Å². The zero-order chi connectivity index (χ0) is 22.4. The van der Waals surface area contributed by atoms with Gasteiger partial charge in [0.15, 0.2) is 11.6 Å². The smallest absolute Gasteiger partial charge is 0.254 e. The third-order valence-corrected chi connectivity index (χ3v) is 7.02. The normalized spacial score (nSPS) is 19.4. The molecule has 2 aliphatic rings. The average Bonchev–Trinajstić information content (AvgIpc) is 3.10. The summed E-state index contributed by atoms with van der Waals surface area (Å²) in [6.07, 6.45) is 3.90. The molecule has 1 aliphatic heterocycles. The lowest BCUT2D eigenvalue weighted by Gasteiger charge is -2.49. The van der Waals surface area contributed by atoms with E-state index in [1.54, 1.807) is 6.07 Å². The predicted molar refractivity (Wildman–Crippen MR) is 119 cm³/mol. The maximum absolute atomic E-state index is 14.6. The Labute approximate surface area is 192 Å². The van der Waals surface area contributed by atoms with Crippen molar-refractivity contribution < 1.29 is 23.1 Å². The summed E-state index contributed by atoms with van der Waals surface area (Å²) in [5.41, 5.74) is 4.83. The lowest BCUT2D eigenvalue weighted by Crippen LogP contribution is -2.66. The van der Waals surface area contributed by atoms with Crippen molar-refractivity contribution >= 4 is 28.5 Å². The van der Waals surface area contributed by atoms with Crippen molar-refractivity contribution in [1.82, 2.24) is 4.90 Å². The molecule has 0 bridgehead atoms. The molecule has 0 aromatic heterocycles.